The van der Waals surface area contributed by atoms with Gasteiger partial charge in [-0.3, -0.25) is 0 Å². The first kappa shape index (κ1) is 6.31. The van der Waals surface area contributed by atoms with Crippen LogP contribution in [-0.4, -0.2) is 6.26 Å². The van der Waals surface area contributed by atoms with E-state index >= 15 is 0 Å². The normalized spacial score (nSPS) is 10.9. The predicted molar refractivity (Wildman–Crippen MR) is 45.9 cm³/mol. The van der Waals surface area contributed by atoms with E-state index in [0.717, 1.165) is 5.58 Å². The number of rotatable bonds is 1. The molecule has 1 nitrogen and oxygen atoms in total. The molecule has 0 aliphatic carbocycles. The van der Waals surface area contributed by atoms with E-state index in [4.69, 9.17) is 4.42 Å². The van der Waals surface area contributed by atoms with E-state index in [1.807, 2.05) is 6.07 Å². The minimum Gasteiger partial charge on any atom is -0.463 e. The van der Waals surface area contributed by atoms with Crippen molar-refractivity contribution in [2.75, 3.05) is 6.26 Å². The van der Waals surface area contributed by atoms with Gasteiger partial charge in [-0.15, -0.1) is 23.1 Å². The van der Waals surface area contributed by atoms with E-state index in [-0.39, 0.29) is 0 Å². The molecule has 0 N–H and O–H groups in total. The smallest absolute Gasteiger partial charge is 0.145 e. The molecule has 10 heavy (non-hydrogen) atoms. The van der Waals surface area contributed by atoms with Crippen LogP contribution in [0.25, 0.3) is 10.3 Å². The lowest BCUT2D eigenvalue weighted by atomic mass is 10.5. The predicted octanol–water partition coefficient (Wildman–Crippen LogP) is 3.22. The Morgan fingerprint density at radius 2 is 2.50 bits per heavy atom. The summed E-state index contributed by atoms with van der Waals surface area (Å²) in [6.07, 6.45) is 3.80. The fourth-order valence-corrected chi connectivity index (χ4v) is 2.39. The third-order valence-electron chi connectivity index (χ3n) is 1.32. The molecule has 0 aliphatic heterocycles. The van der Waals surface area contributed by atoms with Crippen LogP contribution in [0.4, 0.5) is 0 Å². The van der Waals surface area contributed by atoms with E-state index in [1.54, 1.807) is 29.4 Å². The van der Waals surface area contributed by atoms with Gasteiger partial charge in [0.25, 0.3) is 0 Å². The Morgan fingerprint density at radius 3 is 3.20 bits per heavy atom. The van der Waals surface area contributed by atoms with Crippen molar-refractivity contribution in [1.29, 1.82) is 0 Å². The zero-order valence-corrected chi connectivity index (χ0v) is 7.09. The highest BCUT2D eigenvalue weighted by Crippen LogP contribution is 2.31. The van der Waals surface area contributed by atoms with Gasteiger partial charge in [-0.2, -0.15) is 0 Å². The van der Waals surface area contributed by atoms with Crippen molar-refractivity contribution in [2.45, 2.75) is 4.21 Å². The van der Waals surface area contributed by atoms with E-state index in [1.165, 1.54) is 8.91 Å². The van der Waals surface area contributed by atoms with Crippen molar-refractivity contribution in [1.82, 2.24) is 0 Å². The highest BCUT2D eigenvalue weighted by molar-refractivity contribution is 8.00. The van der Waals surface area contributed by atoms with Gasteiger partial charge >= 0.3 is 0 Å². The number of hydrogen-bond donors (Lipinski definition) is 0. The second kappa shape index (κ2) is 2.32. The summed E-state index contributed by atoms with van der Waals surface area (Å²) < 4.78 is 7.75. The van der Waals surface area contributed by atoms with E-state index < -0.39 is 0 Å². The third kappa shape index (κ3) is 0.859. The van der Waals surface area contributed by atoms with Crippen LogP contribution in [-0.2, 0) is 0 Å². The molecule has 2 aromatic heterocycles. The summed E-state index contributed by atoms with van der Waals surface area (Å²) in [5.74, 6) is 0. The van der Waals surface area contributed by atoms with Crippen molar-refractivity contribution in [3.05, 3.63) is 18.4 Å². The van der Waals surface area contributed by atoms with E-state index in [0.29, 0.717) is 0 Å². The monoisotopic (exact) mass is 170 g/mol. The maximum atomic E-state index is 5.20. The Morgan fingerprint density at radius 1 is 1.60 bits per heavy atom. The van der Waals surface area contributed by atoms with Crippen LogP contribution < -0.4 is 0 Å². The molecule has 2 heterocycles. The highest BCUT2D eigenvalue weighted by atomic mass is 32.2. The molecule has 2 rings (SSSR count). The molecular weight excluding hydrogens is 164 g/mol. The zero-order chi connectivity index (χ0) is 6.97. The third-order valence-corrected chi connectivity index (χ3v) is 3.46. The Kier molecular flexibility index (Phi) is 1.47. The summed E-state index contributed by atoms with van der Waals surface area (Å²) in [5, 5.41) is 0. The Balaban J connectivity index is 2.67. The molecule has 0 saturated heterocycles. The SMILES string of the molecule is CSc1cc2occc2s1. The fourth-order valence-electron chi connectivity index (χ4n) is 0.844. The molecule has 0 spiro atoms. The minimum absolute atomic E-state index is 1.01. The topological polar surface area (TPSA) is 13.1 Å². The highest BCUT2D eigenvalue weighted by Gasteiger charge is 2.01. The number of fused-ring (bicyclic) bond motifs is 1. The molecular formula is C7H6OS2. The lowest BCUT2D eigenvalue weighted by molar-refractivity contribution is 0.616. The quantitative estimate of drug-likeness (QED) is 0.609. The van der Waals surface area contributed by atoms with Gasteiger partial charge in [0, 0.05) is 6.07 Å². The average Bonchev–Trinajstić information content (AvgIpc) is 2.42. The lowest BCUT2D eigenvalue weighted by Gasteiger charge is -1.79. The molecule has 0 amide bonds. The molecule has 0 saturated carbocycles. The van der Waals surface area contributed by atoms with Crippen LogP contribution in [0.5, 0.6) is 0 Å². The number of thioether (sulfide) groups is 1. The van der Waals surface area contributed by atoms with Crippen molar-refractivity contribution >= 4 is 33.4 Å². The van der Waals surface area contributed by atoms with Gasteiger partial charge in [0.15, 0.2) is 0 Å². The average molecular weight is 170 g/mol. The molecule has 0 atom stereocenters. The standard InChI is InChI=1S/C7H6OS2/c1-9-7-4-5-6(10-7)2-3-8-5/h2-4H,1H3. The Labute approximate surface area is 67.0 Å². The minimum atomic E-state index is 1.01. The molecule has 0 fully saturated rings. The lowest BCUT2D eigenvalue weighted by Crippen LogP contribution is -1.48. The van der Waals surface area contributed by atoms with Gasteiger partial charge in [-0.1, -0.05) is 0 Å². The molecule has 0 unspecified atom stereocenters. The second-order valence-corrected chi connectivity index (χ2v) is 4.11. The summed E-state index contributed by atoms with van der Waals surface area (Å²) in [5.41, 5.74) is 1.01. The molecule has 3 heteroatoms. The molecule has 52 valence electrons. The van der Waals surface area contributed by atoms with E-state index in [9.17, 15) is 0 Å². The van der Waals surface area contributed by atoms with Crippen LogP contribution in [0.1, 0.15) is 0 Å². The molecule has 2 aromatic rings. The van der Waals surface area contributed by atoms with Crippen molar-refractivity contribution in [3.8, 4) is 0 Å². The largest absolute Gasteiger partial charge is 0.463 e. The van der Waals surface area contributed by atoms with Gasteiger partial charge in [0.05, 0.1) is 15.2 Å². The maximum Gasteiger partial charge on any atom is 0.145 e. The fraction of sp³-hybridized carbons (Fsp3) is 0.143. The molecule has 0 bridgehead atoms. The van der Waals surface area contributed by atoms with Crippen molar-refractivity contribution in [3.63, 3.8) is 0 Å². The number of furan rings is 1. The van der Waals surface area contributed by atoms with Crippen LogP contribution in [0.2, 0.25) is 0 Å². The summed E-state index contributed by atoms with van der Waals surface area (Å²) >= 11 is 3.53. The number of hydrogen-bond acceptors (Lipinski definition) is 3. The maximum absolute atomic E-state index is 5.20. The second-order valence-electron chi connectivity index (χ2n) is 1.92. The van der Waals surface area contributed by atoms with Crippen LogP contribution in [0.3, 0.4) is 0 Å². The Bertz CT molecular complexity index is 305. The van der Waals surface area contributed by atoms with Crippen LogP contribution >= 0.6 is 23.1 Å². The van der Waals surface area contributed by atoms with Gasteiger partial charge in [0.2, 0.25) is 0 Å². The van der Waals surface area contributed by atoms with Gasteiger partial charge in [-0.05, 0) is 12.3 Å². The van der Waals surface area contributed by atoms with Crippen LogP contribution in [0.15, 0.2) is 27.0 Å². The number of thiophene rings is 1. The zero-order valence-electron chi connectivity index (χ0n) is 5.46. The first-order valence-electron chi connectivity index (χ1n) is 2.91. The van der Waals surface area contributed by atoms with Gasteiger partial charge in [-0.25, -0.2) is 0 Å². The van der Waals surface area contributed by atoms with Crippen molar-refractivity contribution < 1.29 is 4.42 Å². The first-order valence-corrected chi connectivity index (χ1v) is 4.95. The first-order chi connectivity index (χ1) is 4.90. The Hall–Kier alpha value is -0.410. The summed E-state index contributed by atoms with van der Waals surface area (Å²) in [4.78, 5) is 0. The van der Waals surface area contributed by atoms with E-state index in [2.05, 4.69) is 12.3 Å². The van der Waals surface area contributed by atoms with Crippen LogP contribution in [0, 0.1) is 0 Å². The molecule has 0 aromatic carbocycles. The summed E-state index contributed by atoms with van der Waals surface area (Å²) in [6.45, 7) is 0. The summed E-state index contributed by atoms with van der Waals surface area (Å²) in [6, 6.07) is 4.07. The summed E-state index contributed by atoms with van der Waals surface area (Å²) in [7, 11) is 0. The van der Waals surface area contributed by atoms with Gasteiger partial charge < -0.3 is 4.42 Å². The molecule has 0 aliphatic rings. The van der Waals surface area contributed by atoms with Gasteiger partial charge in [0.1, 0.15) is 5.58 Å². The molecule has 0 radical (unpaired) electrons. The van der Waals surface area contributed by atoms with Crippen molar-refractivity contribution in [2.24, 2.45) is 0 Å².